The summed E-state index contributed by atoms with van der Waals surface area (Å²) in [5.74, 6) is -0.974. The van der Waals surface area contributed by atoms with Gasteiger partial charge in [-0.05, 0) is 25.1 Å². The number of anilines is 1. The molecule has 0 fully saturated rings. The van der Waals surface area contributed by atoms with Crippen LogP contribution in [0.1, 0.15) is 16.2 Å². The molecule has 0 aliphatic heterocycles. The van der Waals surface area contributed by atoms with Gasteiger partial charge < -0.3 is 5.11 Å². The molecule has 0 spiro atoms. The number of phenols is 1. The Hall–Kier alpha value is -2.02. The molecule has 0 unspecified atom stereocenters. The number of aryl methyl sites for hydroxylation is 1. The van der Waals surface area contributed by atoms with Gasteiger partial charge in [0.15, 0.2) is 0 Å². The number of nitrogens with one attached hydrogen (secondary N) is 1. The van der Waals surface area contributed by atoms with Crippen molar-refractivity contribution >= 4 is 22.6 Å². The van der Waals surface area contributed by atoms with E-state index in [1.165, 1.54) is 0 Å². The highest BCUT2D eigenvalue weighted by atomic mass is 32.1. The first-order chi connectivity index (χ1) is 8.06. The zero-order valence-corrected chi connectivity index (χ0v) is 9.58. The Morgan fingerprint density at radius 3 is 2.94 bits per heavy atom. The van der Waals surface area contributed by atoms with E-state index in [2.05, 4.69) is 14.7 Å². The van der Waals surface area contributed by atoms with E-state index < -0.39 is 11.7 Å². The predicted molar refractivity (Wildman–Crippen MR) is 60.7 cm³/mol. The molecule has 0 aliphatic carbocycles. The van der Waals surface area contributed by atoms with Crippen LogP contribution in [0.25, 0.3) is 0 Å². The monoisotopic (exact) mass is 253 g/mol. The fourth-order valence-electron chi connectivity index (χ4n) is 1.20. The Balaban J connectivity index is 2.22. The minimum atomic E-state index is -0.627. The third kappa shape index (κ3) is 2.56. The van der Waals surface area contributed by atoms with Gasteiger partial charge in [-0.2, -0.15) is 4.37 Å². The Bertz CT molecular complexity index is 570. The summed E-state index contributed by atoms with van der Waals surface area (Å²) in [6.45, 7) is 1.69. The van der Waals surface area contributed by atoms with Crippen molar-refractivity contribution < 1.29 is 14.3 Å². The molecule has 0 bridgehead atoms. The van der Waals surface area contributed by atoms with Crippen LogP contribution < -0.4 is 5.32 Å². The van der Waals surface area contributed by atoms with Crippen LogP contribution in [0.2, 0.25) is 0 Å². The molecule has 0 saturated heterocycles. The zero-order valence-electron chi connectivity index (χ0n) is 8.77. The highest BCUT2D eigenvalue weighted by Crippen LogP contribution is 2.20. The van der Waals surface area contributed by atoms with E-state index in [0.29, 0.717) is 11.0 Å². The van der Waals surface area contributed by atoms with Crippen molar-refractivity contribution in [1.82, 2.24) is 9.36 Å². The molecule has 0 radical (unpaired) electrons. The van der Waals surface area contributed by atoms with Gasteiger partial charge in [0.1, 0.15) is 17.4 Å². The number of carbonyl (C=O) groups excluding carboxylic acids is 1. The lowest BCUT2D eigenvalue weighted by molar-refractivity contribution is 0.102. The number of aromatic nitrogens is 2. The molecular weight excluding hydrogens is 245 g/mol. The van der Waals surface area contributed by atoms with E-state index >= 15 is 0 Å². The van der Waals surface area contributed by atoms with Crippen molar-refractivity contribution in [2.24, 2.45) is 0 Å². The van der Waals surface area contributed by atoms with Crippen LogP contribution in [0.5, 0.6) is 5.75 Å². The number of phenolic OH excluding ortho intramolecular Hbond substituents is 1. The average Bonchev–Trinajstić information content (AvgIpc) is 2.67. The fraction of sp³-hybridized carbons (Fsp3) is 0.100. The molecule has 0 atom stereocenters. The molecule has 2 aromatic rings. The third-order valence-electron chi connectivity index (χ3n) is 1.95. The third-order valence-corrected chi connectivity index (χ3v) is 2.67. The Kier molecular flexibility index (Phi) is 3.01. The average molecular weight is 253 g/mol. The maximum Gasteiger partial charge on any atom is 0.261 e. The summed E-state index contributed by atoms with van der Waals surface area (Å²) < 4.78 is 16.8. The smallest absolute Gasteiger partial charge is 0.261 e. The molecule has 1 aromatic carbocycles. The second kappa shape index (κ2) is 4.46. The number of halogens is 1. The number of amides is 1. The minimum absolute atomic E-state index is 0.141. The van der Waals surface area contributed by atoms with Crippen molar-refractivity contribution in [2.75, 3.05) is 5.32 Å². The van der Waals surface area contributed by atoms with Crippen molar-refractivity contribution in [2.45, 2.75) is 6.92 Å². The van der Waals surface area contributed by atoms with Crippen molar-refractivity contribution in [3.05, 3.63) is 35.4 Å². The van der Waals surface area contributed by atoms with Gasteiger partial charge in [0.05, 0.1) is 5.56 Å². The number of hydrogen-bond donors (Lipinski definition) is 2. The van der Waals surface area contributed by atoms with Crippen LogP contribution in [0.15, 0.2) is 18.2 Å². The molecule has 2 rings (SSSR count). The highest BCUT2D eigenvalue weighted by molar-refractivity contribution is 7.09. The second-order valence-corrected chi connectivity index (χ2v) is 4.01. The van der Waals surface area contributed by atoms with E-state index in [-0.39, 0.29) is 11.3 Å². The van der Waals surface area contributed by atoms with Crippen LogP contribution in [0.4, 0.5) is 9.52 Å². The van der Waals surface area contributed by atoms with Gasteiger partial charge >= 0.3 is 0 Å². The lowest BCUT2D eigenvalue weighted by atomic mass is 10.2. The van der Waals surface area contributed by atoms with Gasteiger partial charge in [-0.3, -0.25) is 10.1 Å². The van der Waals surface area contributed by atoms with Crippen LogP contribution in [0, 0.1) is 12.7 Å². The van der Waals surface area contributed by atoms with Crippen LogP contribution in [-0.4, -0.2) is 20.4 Å². The Morgan fingerprint density at radius 2 is 2.29 bits per heavy atom. The van der Waals surface area contributed by atoms with Gasteiger partial charge in [0.2, 0.25) is 5.13 Å². The van der Waals surface area contributed by atoms with Gasteiger partial charge in [-0.25, -0.2) is 9.37 Å². The van der Waals surface area contributed by atoms with Crippen LogP contribution in [0.3, 0.4) is 0 Å². The lowest BCUT2D eigenvalue weighted by Crippen LogP contribution is -2.12. The van der Waals surface area contributed by atoms with Crippen molar-refractivity contribution in [3.8, 4) is 5.75 Å². The molecule has 88 valence electrons. The summed E-state index contributed by atoms with van der Waals surface area (Å²) in [6, 6.07) is 3.15. The number of rotatable bonds is 2. The number of hydrogen-bond acceptors (Lipinski definition) is 5. The molecule has 1 heterocycles. The molecule has 1 aromatic heterocycles. The number of benzene rings is 1. The quantitative estimate of drug-likeness (QED) is 0.857. The molecular formula is C10H8FN3O2S. The predicted octanol–water partition coefficient (Wildman–Crippen LogP) is 1.94. The van der Waals surface area contributed by atoms with Gasteiger partial charge in [-0.15, -0.1) is 0 Å². The summed E-state index contributed by atoms with van der Waals surface area (Å²) in [4.78, 5) is 15.6. The zero-order chi connectivity index (χ0) is 12.4. The maximum atomic E-state index is 12.9. The molecule has 2 N–H and O–H groups in total. The van der Waals surface area contributed by atoms with Gasteiger partial charge in [0.25, 0.3) is 5.91 Å². The molecule has 7 heteroatoms. The number of carbonyl (C=O) groups is 1. The second-order valence-electron chi connectivity index (χ2n) is 3.26. The van der Waals surface area contributed by atoms with E-state index in [0.717, 1.165) is 29.7 Å². The standard InChI is InChI=1S/C10H8FN3O2S/c1-5-12-10(17-14-5)13-9(16)7-4-6(11)2-3-8(7)15/h2-4,15H,1H3,(H,12,13,14,16). The van der Waals surface area contributed by atoms with Crippen LogP contribution in [-0.2, 0) is 0 Å². The van der Waals surface area contributed by atoms with E-state index in [9.17, 15) is 14.3 Å². The summed E-state index contributed by atoms with van der Waals surface area (Å²) >= 11 is 1.01. The van der Waals surface area contributed by atoms with Gasteiger partial charge in [-0.1, -0.05) is 0 Å². The summed E-state index contributed by atoms with van der Waals surface area (Å²) in [5, 5.41) is 12.2. The lowest BCUT2D eigenvalue weighted by Gasteiger charge is -2.03. The fourth-order valence-corrected chi connectivity index (χ4v) is 1.77. The SMILES string of the molecule is Cc1nsc(NC(=O)c2cc(F)ccc2O)n1. The number of aromatic hydroxyl groups is 1. The molecule has 5 nitrogen and oxygen atoms in total. The minimum Gasteiger partial charge on any atom is -0.507 e. The van der Waals surface area contributed by atoms with E-state index in [4.69, 9.17) is 0 Å². The molecule has 1 amide bonds. The Labute approximate surface area is 100 Å². The molecule has 17 heavy (non-hydrogen) atoms. The van der Waals surface area contributed by atoms with Crippen molar-refractivity contribution in [3.63, 3.8) is 0 Å². The molecule has 0 saturated carbocycles. The highest BCUT2D eigenvalue weighted by Gasteiger charge is 2.14. The summed E-state index contributed by atoms with van der Waals surface area (Å²) in [6.07, 6.45) is 0. The summed E-state index contributed by atoms with van der Waals surface area (Å²) in [7, 11) is 0. The van der Waals surface area contributed by atoms with Crippen LogP contribution >= 0.6 is 11.5 Å². The maximum absolute atomic E-state index is 12.9. The van der Waals surface area contributed by atoms with E-state index in [1.54, 1.807) is 6.92 Å². The Morgan fingerprint density at radius 1 is 1.53 bits per heavy atom. The normalized spacial score (nSPS) is 10.2. The van der Waals surface area contributed by atoms with Gasteiger partial charge in [0, 0.05) is 11.5 Å². The van der Waals surface area contributed by atoms with Crippen molar-refractivity contribution in [1.29, 1.82) is 0 Å². The molecule has 0 aliphatic rings. The summed E-state index contributed by atoms with van der Waals surface area (Å²) in [5.41, 5.74) is -0.141. The first-order valence-corrected chi connectivity index (χ1v) is 5.44. The van der Waals surface area contributed by atoms with E-state index in [1.807, 2.05) is 0 Å². The first-order valence-electron chi connectivity index (χ1n) is 4.66. The largest absolute Gasteiger partial charge is 0.507 e. The first kappa shape index (κ1) is 11.5. The number of nitrogens with zero attached hydrogens (tertiary/aromatic N) is 2. The topological polar surface area (TPSA) is 75.1 Å².